The number of rotatable bonds is 10. The number of para-hydroxylation sites is 2. The number of nitrogens with one attached hydrogen (secondary N) is 4. The number of hydrogen-bond donors (Lipinski definition) is 9. The average molecular weight is 1700 g/mol. The van der Waals surface area contributed by atoms with Crippen LogP contribution in [0.25, 0.3) is 22.5 Å². The zero-order chi connectivity index (χ0) is 83.3. The van der Waals surface area contributed by atoms with Gasteiger partial charge in [-0.2, -0.15) is 0 Å². The van der Waals surface area contributed by atoms with Gasteiger partial charge in [-0.05, 0) is 258 Å². The van der Waals surface area contributed by atoms with Gasteiger partial charge in [0.25, 0.3) is 11.5 Å². The topological polar surface area (TPSA) is 374 Å². The van der Waals surface area contributed by atoms with Crippen LogP contribution in [0, 0.1) is 33.6 Å². The van der Waals surface area contributed by atoms with Crippen molar-refractivity contribution in [3.63, 3.8) is 0 Å². The molecule has 115 heavy (non-hydrogen) atoms. The highest BCUT2D eigenvalue weighted by Gasteiger charge is 2.32. The molecule has 11 aromatic rings. The van der Waals surface area contributed by atoms with E-state index >= 15 is 0 Å². The second-order valence-corrected chi connectivity index (χ2v) is 34.5. The second kappa shape index (κ2) is 44.7. The molecule has 4 aromatic heterocycles. The Kier molecular flexibility index (Phi) is 35.1. The van der Waals surface area contributed by atoms with E-state index in [0.29, 0.717) is 52.5 Å². The van der Waals surface area contributed by atoms with Crippen molar-refractivity contribution < 1.29 is 43.6 Å². The minimum atomic E-state index is -3.22. The molecule has 0 radical (unpaired) electrons. The highest BCUT2D eigenvalue weighted by atomic mass is 36.0. The maximum absolute atomic E-state index is 12.8. The molecule has 1 atom stereocenters. The first kappa shape index (κ1) is 90.4. The van der Waals surface area contributed by atoms with E-state index in [9.17, 15) is 33.3 Å². The number of carbonyl (C=O) groups is 4. The number of carboxylic acid groups (broad SMARTS) is 1. The first-order valence-electron chi connectivity index (χ1n) is 37.0. The summed E-state index contributed by atoms with van der Waals surface area (Å²) in [7, 11) is -1.34. The number of nitrogen functional groups attached to an aromatic ring is 2. The van der Waals surface area contributed by atoms with Crippen LogP contribution in [0.4, 0.5) is 28.7 Å². The van der Waals surface area contributed by atoms with Crippen LogP contribution in [-0.2, 0) is 70.3 Å². The predicted octanol–water partition coefficient (Wildman–Crippen LogP) is 17.3. The first-order chi connectivity index (χ1) is 54.9. The number of ketones is 1. The minimum absolute atomic E-state index is 0.0449. The van der Waals surface area contributed by atoms with E-state index in [4.69, 9.17) is 76.1 Å². The number of hydrogen-bond acceptors (Lipinski definition) is 19. The number of H-pyrrole nitrogens is 2. The van der Waals surface area contributed by atoms with E-state index in [1.54, 1.807) is 43.3 Å². The monoisotopic (exact) mass is 1690 g/mol. The molecule has 4 heterocycles. The Morgan fingerprint density at radius 2 is 1.01 bits per heavy atom. The highest BCUT2D eigenvalue weighted by Crippen LogP contribution is 2.61. The smallest absolute Gasteiger partial charge is 0.478 e. The molecule has 600 valence electrons. The summed E-state index contributed by atoms with van der Waals surface area (Å²) in [4.78, 5) is 97.9. The summed E-state index contributed by atoms with van der Waals surface area (Å²) in [5.74, 6) is -1.21. The lowest BCUT2D eigenvalue weighted by Crippen LogP contribution is -2.29. The maximum atomic E-state index is 12.8. The summed E-state index contributed by atoms with van der Waals surface area (Å²) < 4.78 is 14.2. The van der Waals surface area contributed by atoms with Gasteiger partial charge < -0.3 is 47.0 Å². The lowest BCUT2D eigenvalue weighted by molar-refractivity contribution is -0.150. The molecule has 11 N–H and O–H groups in total. The van der Waals surface area contributed by atoms with Gasteiger partial charge in [-0.15, -0.1) is 0 Å². The summed E-state index contributed by atoms with van der Waals surface area (Å²) in [6.07, 6.45) is 14.1. The number of benzene rings is 7. The molecule has 7 aromatic carbocycles. The number of aromatic nitrogens is 8. The summed E-state index contributed by atoms with van der Waals surface area (Å²) in [6, 6.07) is 54.6. The molecule has 0 saturated heterocycles. The van der Waals surface area contributed by atoms with Crippen LogP contribution in [0.2, 0.25) is 15.7 Å². The third-order valence-corrected chi connectivity index (χ3v) is 19.2. The van der Waals surface area contributed by atoms with Crippen molar-refractivity contribution in [3.05, 3.63) is 291 Å². The molecule has 31 heteroatoms. The van der Waals surface area contributed by atoms with E-state index < -0.39 is 29.9 Å². The number of ether oxygens (including phenoxy) is 1. The number of halogens is 6. The van der Waals surface area contributed by atoms with E-state index in [1.165, 1.54) is 23.3 Å². The molecule has 0 aliphatic heterocycles. The molecule has 23 nitrogen and oxygen atoms in total. The van der Waals surface area contributed by atoms with Gasteiger partial charge in [-0.25, -0.2) is 39.5 Å². The standard InChI is InChI=1S/C28H26N4O.C13H11ClN2.C8H11N.C8H12O3.C7H6Cl2N2.C7H8N2O2.C7H7NO2.C6H7BO2.Cl3OP/c1-18-8-6-9-19(2)25(18)31-27(33)21-14-16-22(17-15-21)29-28-30-24-13-7-12-23(24)26(32-28)20-10-4-3-5-11-20;14-13-15-11-8-4-7-10(11)12(16-13)9-5-2-1-3-6-9;1-6-4-3-5-7(2)8(6)9;1-2-11-8(10)6-4-3-5-7(6)9;8-6-4-2-1-3-5(4)10-7(9)11-6;10-6-4-2-1-3-5(4)8-7(11)9-6;8-6-3-1-5(2-4-6)7(9)10;8-7(9)6-4-2-1-3-5-6;1-5(2,3)4/h3-6,8-11,14-17H,7,12-13H2,1-2H3,(H,31,33)(H,29,30,32);1-3,5-6H,4,7-8H2;3-5H,9H2,1-2H3;6H,2-5H2,1H3;1-3H2;1-3H2,(H2,8,9,10,11);1-4H,8H2,(H,9,10);1-5,8-9H;. The molecule has 1 fully saturated rings. The molecule has 1 saturated carbocycles. The van der Waals surface area contributed by atoms with Crippen LogP contribution < -0.4 is 38.8 Å². The lowest BCUT2D eigenvalue weighted by Gasteiger charge is -2.13. The number of Topliss-reactive ketones (excluding diaryl/α,β-unsaturated/α-hetero) is 1. The Morgan fingerprint density at radius 3 is 1.50 bits per heavy atom. The van der Waals surface area contributed by atoms with Crippen molar-refractivity contribution in [1.29, 1.82) is 0 Å². The normalized spacial score (nSPS) is 13.4. The third-order valence-electron chi connectivity index (χ3n) is 18.6. The molecular weight excluding hydrogens is 1610 g/mol. The summed E-state index contributed by atoms with van der Waals surface area (Å²) >= 11 is 31.3. The van der Waals surface area contributed by atoms with E-state index in [0.717, 1.165) is 179 Å². The number of carboxylic acids is 1. The Hall–Kier alpha value is -10.1. The molecule has 16 rings (SSSR count). The van der Waals surface area contributed by atoms with Gasteiger partial charge in [0.15, 0.2) is 0 Å². The molecule has 0 bridgehead atoms. The van der Waals surface area contributed by atoms with E-state index in [1.807, 2.05) is 131 Å². The van der Waals surface area contributed by atoms with Crippen LogP contribution in [-0.4, -0.2) is 92.4 Å². The molecule has 1 unspecified atom stereocenters. The summed E-state index contributed by atoms with van der Waals surface area (Å²) in [5, 5.41) is 29.9. The fourth-order valence-corrected chi connectivity index (χ4v) is 13.5. The lowest BCUT2D eigenvalue weighted by atomic mass is 9.81. The first-order valence-corrected chi connectivity index (χ1v) is 42.6. The number of aryl methyl sites for hydroxylation is 8. The number of amides is 1. The quantitative estimate of drug-likeness (QED) is 0.0117. The van der Waals surface area contributed by atoms with Gasteiger partial charge in [-0.3, -0.25) is 28.7 Å². The van der Waals surface area contributed by atoms with Crippen molar-refractivity contribution in [3.8, 4) is 22.5 Å². The summed E-state index contributed by atoms with van der Waals surface area (Å²) in [5.41, 5.74) is 32.1. The summed E-state index contributed by atoms with van der Waals surface area (Å²) in [6.45, 7) is 10.1. The fourth-order valence-electron chi connectivity index (χ4n) is 12.8. The van der Waals surface area contributed by atoms with Crippen molar-refractivity contribution in [1.82, 2.24) is 39.9 Å². The maximum Gasteiger partial charge on any atom is 0.488 e. The number of aromatic carboxylic acids is 1. The van der Waals surface area contributed by atoms with Crippen molar-refractivity contribution in [2.24, 2.45) is 5.92 Å². The van der Waals surface area contributed by atoms with Gasteiger partial charge in [-0.1, -0.05) is 139 Å². The van der Waals surface area contributed by atoms with Crippen LogP contribution in [0.15, 0.2) is 186 Å². The van der Waals surface area contributed by atoms with Crippen LogP contribution in [0.3, 0.4) is 0 Å². The molecule has 5 aliphatic carbocycles. The number of esters is 1. The van der Waals surface area contributed by atoms with E-state index in [2.05, 4.69) is 98.5 Å². The Balaban J connectivity index is 0.000000172. The van der Waals surface area contributed by atoms with Gasteiger partial charge in [0, 0.05) is 85.2 Å². The minimum Gasteiger partial charge on any atom is -0.478 e. The Labute approximate surface area is 696 Å². The van der Waals surface area contributed by atoms with Crippen molar-refractivity contribution in [2.45, 2.75) is 131 Å². The third kappa shape index (κ3) is 28.4. The van der Waals surface area contributed by atoms with Crippen LogP contribution in [0.1, 0.15) is 140 Å². The van der Waals surface area contributed by atoms with Crippen LogP contribution in [0.5, 0.6) is 0 Å². The molecule has 0 spiro atoms. The van der Waals surface area contributed by atoms with Crippen molar-refractivity contribution >= 4 is 139 Å². The number of carbonyl (C=O) groups excluding carboxylic acids is 3. The largest absolute Gasteiger partial charge is 0.488 e. The van der Waals surface area contributed by atoms with Gasteiger partial charge in [0.2, 0.25) is 16.5 Å². The second-order valence-electron chi connectivity index (χ2n) is 26.8. The van der Waals surface area contributed by atoms with E-state index in [-0.39, 0.29) is 34.1 Å². The molecule has 1 amide bonds. The number of nitrogens with zero attached hydrogens (tertiary/aromatic N) is 6. The highest BCUT2D eigenvalue weighted by molar-refractivity contribution is 8.24. The van der Waals surface area contributed by atoms with Gasteiger partial charge in [0.1, 0.15) is 16.9 Å². The Morgan fingerprint density at radius 1 is 0.539 bits per heavy atom. The van der Waals surface area contributed by atoms with Crippen molar-refractivity contribution in [2.75, 3.05) is 28.7 Å². The zero-order valence-corrected chi connectivity index (χ0v) is 69.3. The van der Waals surface area contributed by atoms with Gasteiger partial charge >= 0.3 is 29.9 Å². The zero-order valence-electron chi connectivity index (χ0n) is 63.9. The average Bonchev–Trinajstić information content (AvgIpc) is 1.72. The molecule has 5 aliphatic rings. The predicted molar refractivity (Wildman–Crippen MR) is 460 cm³/mol. The SMILES string of the molecule is CCOC(=O)C1CCCC1=O.Cc1cccc(C)c1N.Cc1cccc(C)c1NC(=O)c1ccc(Nc2nc3c(c(-c4ccccc4)n2)CCC3)cc1.Clc1nc(Cl)c2c(n1)CCC2.Clc1nc2c(c(-c3ccccc3)n1)CCC2.Nc1ccc(C(=O)O)cc1.O=P(Cl)(Cl)Cl.O=c1[nH]c2c(c(=O)[nH]1)CCC2.OB(O)c1ccccc1. The number of aromatic amines is 2. The van der Waals surface area contributed by atoms with Gasteiger partial charge in [0.05, 0.1) is 29.3 Å². The Bertz CT molecular complexity index is 5260. The number of anilines is 5. The van der Waals surface area contributed by atoms with Crippen LogP contribution >= 0.6 is 73.7 Å². The number of nitrogens with two attached hydrogens (primary N) is 2. The fraction of sp³-hybridized carbons (Fsp3) is 0.262. The number of fused-ring (bicyclic) bond motifs is 4. The molecular formula is C84H88BCl6N12O11P.